The maximum Gasteiger partial charge on any atom is 0.296 e. The van der Waals surface area contributed by atoms with Crippen LogP contribution in [0.4, 0.5) is 0 Å². The third-order valence-electron chi connectivity index (χ3n) is 5.40. The van der Waals surface area contributed by atoms with Gasteiger partial charge in [-0.2, -0.15) is 33.7 Å². The van der Waals surface area contributed by atoms with Crippen LogP contribution in [-0.2, 0) is 40.5 Å². The molecule has 0 spiro atoms. The lowest BCUT2D eigenvalue weighted by Gasteiger charge is -2.01. The van der Waals surface area contributed by atoms with Crippen LogP contribution < -0.4 is 0 Å². The van der Waals surface area contributed by atoms with E-state index in [-0.39, 0.29) is 22.9 Å². The Morgan fingerprint density at radius 1 is 0.500 bits per heavy atom. The summed E-state index contributed by atoms with van der Waals surface area (Å²) < 4.78 is 142. The molecule has 0 saturated carbocycles. The highest BCUT2D eigenvalue weighted by Gasteiger charge is 2.26. The molecule has 5 rings (SSSR count). The van der Waals surface area contributed by atoms with Crippen molar-refractivity contribution in [2.45, 2.75) is 19.6 Å². The van der Waals surface area contributed by atoms with E-state index in [2.05, 4.69) is 9.97 Å². The van der Waals surface area contributed by atoms with Crippen molar-refractivity contribution in [1.82, 2.24) is 9.97 Å². The summed E-state index contributed by atoms with van der Waals surface area (Å²) in [6.07, 6.45) is 0. The predicted octanol–water partition coefficient (Wildman–Crippen LogP) is 2.29. The molecule has 0 amide bonds. The fraction of sp³-hybridized carbons (Fsp3) is 0. The molecule has 40 heavy (non-hydrogen) atoms. The van der Waals surface area contributed by atoms with Gasteiger partial charge in [-0.25, -0.2) is 9.97 Å². The molecule has 16 nitrogen and oxygen atoms in total. The Balaban J connectivity index is 1.61. The number of fused-ring (bicyclic) bond motifs is 2. The molecular formula is C20H12N2O14S4. The van der Waals surface area contributed by atoms with E-state index >= 15 is 0 Å². The summed E-state index contributed by atoms with van der Waals surface area (Å²) in [5, 5.41) is 0. The second kappa shape index (κ2) is 8.87. The largest absolute Gasteiger partial charge is 0.436 e. The molecule has 210 valence electrons. The van der Waals surface area contributed by atoms with Crippen LogP contribution >= 0.6 is 0 Å². The first-order valence-corrected chi connectivity index (χ1v) is 16.0. The molecule has 3 aromatic carbocycles. The van der Waals surface area contributed by atoms with Crippen LogP contribution in [0.3, 0.4) is 0 Å². The summed E-state index contributed by atoms with van der Waals surface area (Å²) in [5.74, 6) is -0.467. The highest BCUT2D eigenvalue weighted by molar-refractivity contribution is 7.87. The lowest BCUT2D eigenvalue weighted by molar-refractivity contribution is 0.477. The molecule has 0 saturated heterocycles. The molecule has 4 N–H and O–H groups in total. The van der Waals surface area contributed by atoms with E-state index in [1.54, 1.807) is 0 Å². The van der Waals surface area contributed by atoms with E-state index in [9.17, 15) is 51.9 Å². The molecule has 0 atom stereocenters. The van der Waals surface area contributed by atoms with Crippen LogP contribution in [-0.4, -0.2) is 61.9 Å². The van der Waals surface area contributed by atoms with E-state index < -0.39 is 82.3 Å². The number of aromatic nitrogens is 2. The Kier molecular flexibility index (Phi) is 6.16. The zero-order valence-electron chi connectivity index (χ0n) is 19.0. The topological polar surface area (TPSA) is 270 Å². The minimum atomic E-state index is -5.00. The fourth-order valence-electron chi connectivity index (χ4n) is 3.64. The average Bonchev–Trinajstić information content (AvgIpc) is 3.44. The zero-order chi connectivity index (χ0) is 29.4. The summed E-state index contributed by atoms with van der Waals surface area (Å²) in [7, 11) is -19.8. The van der Waals surface area contributed by atoms with E-state index in [0.29, 0.717) is 12.1 Å². The third kappa shape index (κ3) is 5.09. The van der Waals surface area contributed by atoms with Crippen LogP contribution in [0.5, 0.6) is 0 Å². The Morgan fingerprint density at radius 2 is 0.825 bits per heavy atom. The summed E-state index contributed by atoms with van der Waals surface area (Å²) in [6.45, 7) is 0. The molecule has 5 aromatic rings. The second-order valence-electron chi connectivity index (χ2n) is 8.05. The van der Waals surface area contributed by atoms with Crippen LogP contribution in [0.1, 0.15) is 0 Å². The van der Waals surface area contributed by atoms with Crippen molar-refractivity contribution in [3.05, 3.63) is 48.5 Å². The van der Waals surface area contributed by atoms with Gasteiger partial charge in [0.25, 0.3) is 40.5 Å². The molecule has 0 fully saturated rings. The van der Waals surface area contributed by atoms with Gasteiger partial charge in [0, 0.05) is 23.3 Å². The molecule has 2 aromatic heterocycles. The predicted molar refractivity (Wildman–Crippen MR) is 132 cm³/mol. The SMILES string of the molecule is O=S(=O)(O)c1cc(S(=O)(=O)O)c2nc(-c3ccc(-c4nc5c(S(=O)(=O)O)cc(S(=O)(=O)O)cc5o4)cc3)oc2c1. The van der Waals surface area contributed by atoms with Gasteiger partial charge in [0.05, 0.1) is 9.79 Å². The van der Waals surface area contributed by atoms with Gasteiger partial charge >= 0.3 is 0 Å². The first-order chi connectivity index (χ1) is 18.3. The van der Waals surface area contributed by atoms with Crippen LogP contribution in [0, 0.1) is 0 Å². The number of rotatable bonds is 6. The lowest BCUT2D eigenvalue weighted by atomic mass is 10.1. The number of oxazole rings is 2. The van der Waals surface area contributed by atoms with Crippen LogP contribution in [0.2, 0.25) is 0 Å². The van der Waals surface area contributed by atoms with E-state index in [1.807, 2.05) is 0 Å². The maximum absolute atomic E-state index is 11.8. The van der Waals surface area contributed by atoms with Crippen molar-refractivity contribution in [3.63, 3.8) is 0 Å². The summed E-state index contributed by atoms with van der Waals surface area (Å²) in [6, 6.07) is 8.05. The van der Waals surface area contributed by atoms with Crippen LogP contribution in [0.15, 0.2) is 76.9 Å². The van der Waals surface area contributed by atoms with E-state index in [4.69, 9.17) is 8.83 Å². The molecule has 20 heteroatoms. The van der Waals surface area contributed by atoms with Crippen molar-refractivity contribution < 1.29 is 60.7 Å². The highest BCUT2D eigenvalue weighted by Crippen LogP contribution is 2.34. The molecule has 0 radical (unpaired) electrons. The minimum Gasteiger partial charge on any atom is -0.436 e. The quantitative estimate of drug-likeness (QED) is 0.195. The Hall–Kier alpha value is -3.76. The standard InChI is InChI=1S/C20H12N2O14S4/c23-37(24,25)11-5-13-17(15(7-11)39(29,30)31)21-19(35-13)9-1-2-10(4-3-9)20-22-18-14(36-20)6-12(38(26,27)28)8-16(18)40(32,33)34/h1-8H,(H,23,24,25)(H,26,27,28)(H,29,30,31)(H,32,33,34). The van der Waals surface area contributed by atoms with Gasteiger partial charge in [-0.05, 0) is 36.4 Å². The van der Waals surface area contributed by atoms with Crippen molar-refractivity contribution in [1.29, 1.82) is 0 Å². The maximum atomic E-state index is 11.8. The number of hydrogen-bond donors (Lipinski definition) is 4. The van der Waals surface area contributed by atoms with E-state index in [0.717, 1.165) is 12.1 Å². The zero-order valence-corrected chi connectivity index (χ0v) is 22.3. The Morgan fingerprint density at radius 3 is 1.10 bits per heavy atom. The molecular weight excluding hydrogens is 620 g/mol. The van der Waals surface area contributed by atoms with Crippen LogP contribution in [0.25, 0.3) is 45.1 Å². The number of nitrogens with zero attached hydrogens (tertiary/aromatic N) is 2. The molecule has 0 aliphatic carbocycles. The van der Waals surface area contributed by atoms with Crippen molar-refractivity contribution in [2.24, 2.45) is 0 Å². The van der Waals surface area contributed by atoms with E-state index in [1.165, 1.54) is 24.3 Å². The summed E-state index contributed by atoms with van der Waals surface area (Å²) >= 11 is 0. The van der Waals surface area contributed by atoms with Gasteiger partial charge in [0.15, 0.2) is 11.2 Å². The summed E-state index contributed by atoms with van der Waals surface area (Å²) in [5.41, 5.74) is -1.27. The first-order valence-electron chi connectivity index (χ1n) is 10.2. The van der Waals surface area contributed by atoms with Crippen molar-refractivity contribution >= 4 is 62.7 Å². The molecule has 2 heterocycles. The molecule has 0 aliphatic heterocycles. The lowest BCUT2D eigenvalue weighted by Crippen LogP contribution is -2.04. The number of hydrogen-bond acceptors (Lipinski definition) is 12. The molecule has 0 unspecified atom stereocenters. The average molecular weight is 633 g/mol. The first kappa shape index (κ1) is 27.8. The molecule has 0 aliphatic rings. The van der Waals surface area contributed by atoms with Gasteiger partial charge in [-0.3, -0.25) is 18.2 Å². The monoisotopic (exact) mass is 632 g/mol. The van der Waals surface area contributed by atoms with Gasteiger partial charge in [-0.1, -0.05) is 0 Å². The fourth-order valence-corrected chi connectivity index (χ4v) is 6.17. The van der Waals surface area contributed by atoms with Gasteiger partial charge in [0.2, 0.25) is 11.8 Å². The highest BCUT2D eigenvalue weighted by atomic mass is 32.2. The number of benzene rings is 3. The van der Waals surface area contributed by atoms with Gasteiger partial charge < -0.3 is 8.83 Å². The molecule has 0 bridgehead atoms. The smallest absolute Gasteiger partial charge is 0.296 e. The second-order valence-corrected chi connectivity index (χ2v) is 13.7. The third-order valence-corrected chi connectivity index (χ3v) is 8.79. The Labute approximate surface area is 223 Å². The van der Waals surface area contributed by atoms with Crippen molar-refractivity contribution in [3.8, 4) is 22.9 Å². The normalized spacial score (nSPS) is 13.3. The van der Waals surface area contributed by atoms with Gasteiger partial charge in [-0.15, -0.1) is 0 Å². The summed E-state index contributed by atoms with van der Waals surface area (Å²) in [4.78, 5) is 4.35. The Bertz CT molecular complexity index is 2140. The van der Waals surface area contributed by atoms with Gasteiger partial charge in [0.1, 0.15) is 20.8 Å². The van der Waals surface area contributed by atoms with Crippen molar-refractivity contribution in [2.75, 3.05) is 0 Å². The minimum absolute atomic E-state index is 0.193.